The van der Waals surface area contributed by atoms with Crippen molar-refractivity contribution in [2.45, 2.75) is 26.3 Å². The third-order valence-electron chi connectivity index (χ3n) is 4.17. The van der Waals surface area contributed by atoms with Gasteiger partial charge in [-0.25, -0.2) is 0 Å². The SMILES string of the molecule is CC(C)CN1CCN(C(=O)C(C)(N)c2ccc(Br)cc2)CC1.Cl.Cl. The van der Waals surface area contributed by atoms with Crippen LogP contribution in [-0.4, -0.2) is 48.4 Å². The predicted molar refractivity (Wildman–Crippen MR) is 108 cm³/mol. The molecule has 1 aliphatic rings. The predicted octanol–water partition coefficient (Wildman–Crippen LogP) is 3.27. The molecule has 2 rings (SSSR count). The van der Waals surface area contributed by atoms with Crippen molar-refractivity contribution in [2.24, 2.45) is 11.7 Å². The van der Waals surface area contributed by atoms with Gasteiger partial charge in [-0.2, -0.15) is 0 Å². The molecule has 138 valence electrons. The normalized spacial score (nSPS) is 17.7. The topological polar surface area (TPSA) is 49.6 Å². The van der Waals surface area contributed by atoms with E-state index in [-0.39, 0.29) is 30.7 Å². The molecule has 2 N–H and O–H groups in total. The van der Waals surface area contributed by atoms with Crippen LogP contribution in [0.2, 0.25) is 0 Å². The van der Waals surface area contributed by atoms with Crippen LogP contribution in [-0.2, 0) is 10.3 Å². The Hall–Kier alpha value is -0.330. The van der Waals surface area contributed by atoms with Gasteiger partial charge in [0.25, 0.3) is 0 Å². The minimum Gasteiger partial charge on any atom is -0.338 e. The molecular formula is C17H28BrCl2N3O. The van der Waals surface area contributed by atoms with E-state index in [0.717, 1.165) is 42.8 Å². The van der Waals surface area contributed by atoms with E-state index in [0.29, 0.717) is 5.92 Å². The summed E-state index contributed by atoms with van der Waals surface area (Å²) in [5.41, 5.74) is 6.24. The van der Waals surface area contributed by atoms with Crippen LogP contribution in [0.4, 0.5) is 0 Å². The summed E-state index contributed by atoms with van der Waals surface area (Å²) in [5, 5.41) is 0. The molecule has 1 fully saturated rings. The number of rotatable bonds is 4. The highest BCUT2D eigenvalue weighted by Crippen LogP contribution is 2.23. The lowest BCUT2D eigenvalue weighted by molar-refractivity contribution is -0.138. The summed E-state index contributed by atoms with van der Waals surface area (Å²) in [5.74, 6) is 0.670. The van der Waals surface area contributed by atoms with Crippen molar-refractivity contribution >= 4 is 46.7 Å². The third kappa shape index (κ3) is 5.88. The number of piperazine rings is 1. The molecule has 1 aromatic rings. The van der Waals surface area contributed by atoms with Crippen LogP contribution in [0.5, 0.6) is 0 Å². The van der Waals surface area contributed by atoms with Gasteiger partial charge in [-0.1, -0.05) is 41.9 Å². The molecule has 0 bridgehead atoms. The minimum atomic E-state index is -0.971. The Balaban J connectivity index is 0.00000264. The maximum Gasteiger partial charge on any atom is 0.247 e. The maximum absolute atomic E-state index is 12.8. The van der Waals surface area contributed by atoms with Crippen LogP contribution in [0.25, 0.3) is 0 Å². The lowest BCUT2D eigenvalue weighted by Gasteiger charge is -2.39. The second-order valence-electron chi connectivity index (χ2n) is 6.70. The summed E-state index contributed by atoms with van der Waals surface area (Å²) < 4.78 is 0.988. The average Bonchev–Trinajstić information content (AvgIpc) is 2.47. The Bertz CT molecular complexity index is 515. The molecule has 0 spiro atoms. The van der Waals surface area contributed by atoms with E-state index in [1.54, 1.807) is 6.92 Å². The second-order valence-corrected chi connectivity index (χ2v) is 7.61. The summed E-state index contributed by atoms with van der Waals surface area (Å²) in [6.45, 7) is 10.7. The fourth-order valence-electron chi connectivity index (χ4n) is 2.90. The summed E-state index contributed by atoms with van der Waals surface area (Å²) in [4.78, 5) is 17.1. The fourth-order valence-corrected chi connectivity index (χ4v) is 3.16. The maximum atomic E-state index is 12.8. The van der Waals surface area contributed by atoms with Gasteiger partial charge in [0.2, 0.25) is 5.91 Å². The number of nitrogens with two attached hydrogens (primary N) is 1. The Kier molecular flexibility index (Phi) is 9.84. The van der Waals surface area contributed by atoms with E-state index in [2.05, 4.69) is 34.7 Å². The van der Waals surface area contributed by atoms with Gasteiger partial charge < -0.3 is 10.6 Å². The molecule has 1 heterocycles. The molecule has 1 saturated heterocycles. The zero-order valence-electron chi connectivity index (χ0n) is 14.5. The highest BCUT2D eigenvalue weighted by Gasteiger charge is 2.35. The van der Waals surface area contributed by atoms with E-state index in [1.165, 1.54) is 0 Å². The van der Waals surface area contributed by atoms with Gasteiger partial charge >= 0.3 is 0 Å². The fraction of sp³-hybridized carbons (Fsp3) is 0.588. The van der Waals surface area contributed by atoms with Gasteiger partial charge in [-0.3, -0.25) is 9.69 Å². The number of nitrogens with zero attached hydrogens (tertiary/aromatic N) is 2. The van der Waals surface area contributed by atoms with E-state index in [1.807, 2.05) is 29.2 Å². The molecule has 0 aliphatic carbocycles. The van der Waals surface area contributed by atoms with E-state index in [9.17, 15) is 4.79 Å². The Labute approximate surface area is 166 Å². The van der Waals surface area contributed by atoms with Gasteiger partial charge in [-0.15, -0.1) is 24.8 Å². The number of hydrogen-bond donors (Lipinski definition) is 1. The Morgan fingerprint density at radius 1 is 1.17 bits per heavy atom. The third-order valence-corrected chi connectivity index (χ3v) is 4.70. The van der Waals surface area contributed by atoms with Gasteiger partial charge in [0, 0.05) is 37.2 Å². The van der Waals surface area contributed by atoms with Gasteiger partial charge in [-0.05, 0) is 30.5 Å². The van der Waals surface area contributed by atoms with Crippen LogP contribution in [0.1, 0.15) is 26.3 Å². The molecule has 4 nitrogen and oxygen atoms in total. The first-order valence-corrected chi connectivity index (χ1v) is 8.66. The van der Waals surface area contributed by atoms with Crippen molar-refractivity contribution in [2.75, 3.05) is 32.7 Å². The first-order chi connectivity index (χ1) is 10.3. The van der Waals surface area contributed by atoms with Crippen LogP contribution in [0, 0.1) is 5.92 Å². The van der Waals surface area contributed by atoms with E-state index >= 15 is 0 Å². The molecule has 1 aliphatic heterocycles. The Morgan fingerprint density at radius 2 is 1.67 bits per heavy atom. The van der Waals surface area contributed by atoms with E-state index < -0.39 is 5.54 Å². The minimum absolute atomic E-state index is 0. The summed E-state index contributed by atoms with van der Waals surface area (Å²) >= 11 is 3.41. The summed E-state index contributed by atoms with van der Waals surface area (Å²) in [6.07, 6.45) is 0. The smallest absolute Gasteiger partial charge is 0.247 e. The lowest BCUT2D eigenvalue weighted by atomic mass is 9.91. The van der Waals surface area contributed by atoms with Crippen molar-refractivity contribution in [3.05, 3.63) is 34.3 Å². The molecule has 0 radical (unpaired) electrons. The number of halogens is 3. The van der Waals surface area contributed by atoms with Crippen LogP contribution >= 0.6 is 40.7 Å². The van der Waals surface area contributed by atoms with E-state index in [4.69, 9.17) is 5.73 Å². The van der Waals surface area contributed by atoms with Crippen molar-refractivity contribution in [3.8, 4) is 0 Å². The molecule has 1 amide bonds. The van der Waals surface area contributed by atoms with Crippen LogP contribution in [0.3, 0.4) is 0 Å². The molecular weight excluding hydrogens is 413 g/mol. The average molecular weight is 441 g/mol. The zero-order chi connectivity index (χ0) is 16.3. The standard InChI is InChI=1S/C17H26BrN3O.2ClH/c1-13(2)12-20-8-10-21(11-9-20)16(22)17(3,19)14-4-6-15(18)7-5-14;;/h4-7,13H,8-12,19H2,1-3H3;2*1H. The number of carbonyl (C=O) groups excluding carboxylic acids is 1. The highest BCUT2D eigenvalue weighted by molar-refractivity contribution is 9.10. The Morgan fingerprint density at radius 3 is 2.12 bits per heavy atom. The highest BCUT2D eigenvalue weighted by atomic mass is 79.9. The van der Waals surface area contributed by atoms with Crippen molar-refractivity contribution in [1.82, 2.24) is 9.80 Å². The molecule has 24 heavy (non-hydrogen) atoms. The second kappa shape index (κ2) is 9.97. The molecule has 0 aromatic heterocycles. The van der Waals surface area contributed by atoms with Crippen molar-refractivity contribution < 1.29 is 4.79 Å². The summed E-state index contributed by atoms with van der Waals surface area (Å²) in [7, 11) is 0. The van der Waals surface area contributed by atoms with Gasteiger partial charge in [0.1, 0.15) is 5.54 Å². The summed E-state index contributed by atoms with van der Waals surface area (Å²) in [6, 6.07) is 7.68. The monoisotopic (exact) mass is 439 g/mol. The molecule has 1 unspecified atom stereocenters. The van der Waals surface area contributed by atoms with Crippen LogP contribution in [0.15, 0.2) is 28.7 Å². The zero-order valence-corrected chi connectivity index (χ0v) is 17.7. The first kappa shape index (κ1) is 23.7. The van der Waals surface area contributed by atoms with Gasteiger partial charge in [0.15, 0.2) is 0 Å². The van der Waals surface area contributed by atoms with Crippen LogP contribution < -0.4 is 5.73 Å². The molecule has 0 saturated carbocycles. The first-order valence-electron chi connectivity index (χ1n) is 7.87. The lowest BCUT2D eigenvalue weighted by Crippen LogP contribution is -2.57. The number of hydrogen-bond acceptors (Lipinski definition) is 3. The van der Waals surface area contributed by atoms with Crippen molar-refractivity contribution in [1.29, 1.82) is 0 Å². The molecule has 1 atom stereocenters. The quantitative estimate of drug-likeness (QED) is 0.781. The number of carbonyl (C=O) groups is 1. The molecule has 1 aromatic carbocycles. The number of benzene rings is 1. The number of amides is 1. The largest absolute Gasteiger partial charge is 0.338 e. The van der Waals surface area contributed by atoms with Gasteiger partial charge in [0.05, 0.1) is 0 Å². The molecule has 7 heteroatoms. The van der Waals surface area contributed by atoms with Crippen molar-refractivity contribution in [3.63, 3.8) is 0 Å².